The van der Waals surface area contributed by atoms with Crippen LogP contribution in [0.4, 0.5) is 0 Å². The zero-order valence-electron chi connectivity index (χ0n) is 11.8. The topological polar surface area (TPSA) is 64.8 Å². The average molecular weight is 280 g/mol. The lowest BCUT2D eigenvalue weighted by molar-refractivity contribution is -0.530. The third-order valence-electron chi connectivity index (χ3n) is 3.74. The fraction of sp³-hybridized carbons (Fsp3) is 0.571. The number of methoxy groups -OCH3 is 2. The Labute approximate surface area is 118 Å². The van der Waals surface area contributed by atoms with Crippen molar-refractivity contribution in [2.24, 2.45) is 5.92 Å². The van der Waals surface area contributed by atoms with Gasteiger partial charge >= 0.3 is 0 Å². The number of hydrogen-bond donors (Lipinski definition) is 0. The maximum absolute atomic E-state index is 11.2. The van der Waals surface area contributed by atoms with Gasteiger partial charge in [-0.1, -0.05) is 30.3 Å². The summed E-state index contributed by atoms with van der Waals surface area (Å²) in [7, 11) is 3.04. The van der Waals surface area contributed by atoms with E-state index in [1.807, 2.05) is 30.3 Å². The fourth-order valence-corrected chi connectivity index (χ4v) is 2.80. The first kappa shape index (κ1) is 14.9. The zero-order chi connectivity index (χ0) is 14.5. The van der Waals surface area contributed by atoms with E-state index in [1.54, 1.807) is 0 Å². The minimum Gasteiger partial charge on any atom is -0.355 e. The number of ether oxygens (including phenoxy) is 2. The summed E-state index contributed by atoms with van der Waals surface area (Å²) in [6.45, 7) is 1.74. The van der Waals surface area contributed by atoms with Crippen LogP contribution in [0.5, 0.6) is 0 Å². The second-order valence-corrected chi connectivity index (χ2v) is 5.04. The van der Waals surface area contributed by atoms with Gasteiger partial charge in [0, 0.05) is 32.2 Å². The molecule has 0 spiro atoms. The fourth-order valence-electron chi connectivity index (χ4n) is 2.80. The molecule has 1 aromatic rings. The first-order valence-electron chi connectivity index (χ1n) is 6.61. The molecule has 1 saturated heterocycles. The molecule has 1 aromatic carbocycles. The minimum atomic E-state index is -0.649. The molecule has 0 N–H and O–H groups in total. The van der Waals surface area contributed by atoms with Crippen molar-refractivity contribution in [1.82, 2.24) is 4.90 Å². The van der Waals surface area contributed by atoms with Crippen LogP contribution in [0.25, 0.3) is 0 Å². The van der Waals surface area contributed by atoms with Crippen molar-refractivity contribution in [3.63, 3.8) is 0 Å². The van der Waals surface area contributed by atoms with Crippen LogP contribution in [-0.4, -0.2) is 49.5 Å². The average Bonchev–Trinajstić information content (AvgIpc) is 2.85. The van der Waals surface area contributed by atoms with Gasteiger partial charge in [0.15, 0.2) is 6.29 Å². The number of benzene rings is 1. The Balaban J connectivity index is 2.06. The second kappa shape index (κ2) is 6.78. The quantitative estimate of drug-likeness (QED) is 0.447. The Morgan fingerprint density at radius 3 is 2.50 bits per heavy atom. The van der Waals surface area contributed by atoms with Gasteiger partial charge in [-0.2, -0.15) is 0 Å². The zero-order valence-corrected chi connectivity index (χ0v) is 11.8. The summed E-state index contributed by atoms with van der Waals surface area (Å²) in [5, 5.41) is 11.2. The lowest BCUT2D eigenvalue weighted by atomic mass is 10.0. The maximum atomic E-state index is 11.2. The van der Waals surface area contributed by atoms with Crippen molar-refractivity contribution in [2.75, 3.05) is 27.3 Å². The highest BCUT2D eigenvalue weighted by molar-refractivity contribution is 5.14. The van der Waals surface area contributed by atoms with Gasteiger partial charge in [0.2, 0.25) is 6.04 Å². The highest BCUT2D eigenvalue weighted by Gasteiger charge is 2.45. The molecule has 2 atom stereocenters. The Hall–Kier alpha value is -1.50. The van der Waals surface area contributed by atoms with E-state index in [0.29, 0.717) is 19.6 Å². The van der Waals surface area contributed by atoms with Gasteiger partial charge in [0.05, 0.1) is 12.5 Å². The Morgan fingerprint density at radius 1 is 1.30 bits per heavy atom. The van der Waals surface area contributed by atoms with Crippen LogP contribution in [0.1, 0.15) is 5.56 Å². The molecule has 6 nitrogen and oxygen atoms in total. The van der Waals surface area contributed by atoms with Crippen molar-refractivity contribution in [3.8, 4) is 0 Å². The lowest BCUT2D eigenvalue weighted by Gasteiger charge is -2.21. The largest absolute Gasteiger partial charge is 0.355 e. The van der Waals surface area contributed by atoms with E-state index in [1.165, 1.54) is 14.2 Å². The van der Waals surface area contributed by atoms with Gasteiger partial charge in [0.1, 0.15) is 0 Å². The molecular weight excluding hydrogens is 260 g/mol. The smallest absolute Gasteiger partial charge is 0.234 e. The van der Waals surface area contributed by atoms with Crippen LogP contribution in [0.3, 0.4) is 0 Å². The van der Waals surface area contributed by atoms with E-state index in [0.717, 1.165) is 5.56 Å². The van der Waals surface area contributed by atoms with Crippen LogP contribution >= 0.6 is 0 Å². The standard InChI is InChI=1S/C14H20N2O4/c1-19-14(20-2)12-9-15(10-13(12)16(17)18)8-11-6-4-3-5-7-11/h3-7,12-14H,8-10H2,1-2H3/t12-,13-/m1/s1. The molecular formula is C14H20N2O4. The van der Waals surface area contributed by atoms with Gasteiger partial charge in [0.25, 0.3) is 0 Å². The number of nitro groups is 1. The highest BCUT2D eigenvalue weighted by Crippen LogP contribution is 2.26. The molecule has 0 aromatic heterocycles. The van der Waals surface area contributed by atoms with Crippen LogP contribution < -0.4 is 0 Å². The predicted molar refractivity (Wildman–Crippen MR) is 73.8 cm³/mol. The van der Waals surface area contributed by atoms with Crippen LogP contribution in [-0.2, 0) is 16.0 Å². The number of hydrogen-bond acceptors (Lipinski definition) is 5. The van der Waals surface area contributed by atoms with Crippen LogP contribution in [0.15, 0.2) is 30.3 Å². The molecule has 1 fully saturated rings. The Kier molecular flexibility index (Phi) is 5.05. The third kappa shape index (κ3) is 3.33. The molecule has 20 heavy (non-hydrogen) atoms. The van der Waals surface area contributed by atoms with Gasteiger partial charge in [-0.15, -0.1) is 0 Å². The minimum absolute atomic E-state index is 0.222. The number of rotatable bonds is 6. The van der Waals surface area contributed by atoms with E-state index >= 15 is 0 Å². The summed E-state index contributed by atoms with van der Waals surface area (Å²) in [4.78, 5) is 13.1. The molecule has 0 bridgehead atoms. The summed E-state index contributed by atoms with van der Waals surface area (Å²) in [5.74, 6) is -0.247. The highest BCUT2D eigenvalue weighted by atomic mass is 16.7. The molecule has 1 aliphatic rings. The Morgan fingerprint density at radius 2 is 1.95 bits per heavy atom. The number of likely N-dealkylation sites (tertiary alicyclic amines) is 1. The summed E-state index contributed by atoms with van der Waals surface area (Å²) in [6.07, 6.45) is -0.536. The summed E-state index contributed by atoms with van der Waals surface area (Å²) in [6, 6.07) is 9.31. The van der Waals surface area contributed by atoms with E-state index < -0.39 is 12.3 Å². The van der Waals surface area contributed by atoms with Crippen molar-refractivity contribution in [2.45, 2.75) is 18.9 Å². The molecule has 2 rings (SSSR count). The van der Waals surface area contributed by atoms with Crippen molar-refractivity contribution >= 4 is 0 Å². The summed E-state index contributed by atoms with van der Waals surface area (Å²) < 4.78 is 10.4. The van der Waals surface area contributed by atoms with E-state index in [4.69, 9.17) is 9.47 Å². The normalized spacial score (nSPS) is 23.4. The molecule has 6 heteroatoms. The lowest BCUT2D eigenvalue weighted by Crippen LogP contribution is -2.37. The van der Waals surface area contributed by atoms with E-state index in [9.17, 15) is 10.1 Å². The molecule has 110 valence electrons. The summed E-state index contributed by atoms with van der Waals surface area (Å²) >= 11 is 0. The molecule has 0 unspecified atom stereocenters. The van der Waals surface area contributed by atoms with E-state index in [2.05, 4.69) is 4.90 Å². The summed E-state index contributed by atoms with van der Waals surface area (Å²) in [5.41, 5.74) is 1.15. The van der Waals surface area contributed by atoms with Gasteiger partial charge < -0.3 is 9.47 Å². The first-order valence-corrected chi connectivity index (χ1v) is 6.61. The SMILES string of the molecule is COC(OC)[C@@H]1CN(Cc2ccccc2)C[C@H]1[N+](=O)[O-]. The first-order chi connectivity index (χ1) is 9.65. The van der Waals surface area contributed by atoms with Crippen molar-refractivity contribution < 1.29 is 14.4 Å². The molecule has 0 aliphatic carbocycles. The second-order valence-electron chi connectivity index (χ2n) is 5.04. The van der Waals surface area contributed by atoms with Gasteiger partial charge in [-0.3, -0.25) is 15.0 Å². The van der Waals surface area contributed by atoms with Crippen LogP contribution in [0.2, 0.25) is 0 Å². The monoisotopic (exact) mass is 280 g/mol. The Bertz CT molecular complexity index is 436. The maximum Gasteiger partial charge on any atom is 0.234 e. The predicted octanol–water partition coefficient (Wildman–Crippen LogP) is 1.38. The van der Waals surface area contributed by atoms with Crippen molar-refractivity contribution in [3.05, 3.63) is 46.0 Å². The molecule has 0 amide bonds. The van der Waals surface area contributed by atoms with Gasteiger partial charge in [-0.05, 0) is 5.56 Å². The van der Waals surface area contributed by atoms with Gasteiger partial charge in [-0.25, -0.2) is 0 Å². The number of nitrogens with zero attached hydrogens (tertiary/aromatic N) is 2. The molecule has 1 heterocycles. The molecule has 0 radical (unpaired) electrons. The molecule has 0 saturated carbocycles. The van der Waals surface area contributed by atoms with Crippen molar-refractivity contribution in [1.29, 1.82) is 0 Å². The van der Waals surface area contributed by atoms with Crippen LogP contribution in [0, 0.1) is 16.0 Å². The third-order valence-corrected chi connectivity index (χ3v) is 3.74. The molecule has 1 aliphatic heterocycles. The van der Waals surface area contributed by atoms with E-state index in [-0.39, 0.29) is 10.8 Å².